The first-order valence-corrected chi connectivity index (χ1v) is 21.5. The van der Waals surface area contributed by atoms with Crippen molar-refractivity contribution in [1.82, 2.24) is 5.32 Å². The summed E-state index contributed by atoms with van der Waals surface area (Å²) in [6.45, 7) is 4.51. The summed E-state index contributed by atoms with van der Waals surface area (Å²) in [5.41, 5.74) is 0. The molecule has 274 valence electrons. The van der Waals surface area contributed by atoms with Gasteiger partial charge in [-0.15, -0.1) is 0 Å². The van der Waals surface area contributed by atoms with Crippen molar-refractivity contribution in [2.75, 3.05) is 5.75 Å². The van der Waals surface area contributed by atoms with Crippen LogP contribution < -0.4 is 5.32 Å². The first kappa shape index (κ1) is 45.1. The molecule has 2 unspecified atom stereocenters. The van der Waals surface area contributed by atoms with Gasteiger partial charge in [0, 0.05) is 6.42 Å². The number of hydrogen-bond donors (Lipinski definition) is 3. The highest BCUT2D eigenvalue weighted by Crippen LogP contribution is 2.16. The number of carbonyl (C=O) groups excluding carboxylic acids is 1. The maximum absolute atomic E-state index is 12.5. The maximum Gasteiger partial charge on any atom is 0.266 e. The molecule has 0 aliphatic heterocycles. The van der Waals surface area contributed by atoms with Crippen molar-refractivity contribution in [2.24, 2.45) is 0 Å². The van der Waals surface area contributed by atoms with E-state index in [4.69, 9.17) is 0 Å². The van der Waals surface area contributed by atoms with Crippen molar-refractivity contribution in [2.45, 2.75) is 225 Å². The van der Waals surface area contributed by atoms with Crippen LogP contribution in [-0.4, -0.2) is 41.9 Å². The molecule has 2 atom stereocenters. The lowest BCUT2D eigenvalue weighted by atomic mass is 10.0. The van der Waals surface area contributed by atoms with Crippen molar-refractivity contribution >= 4 is 16.0 Å². The molecule has 0 rings (SSSR count). The quantitative estimate of drug-likeness (QED) is 0.0349. The van der Waals surface area contributed by atoms with E-state index in [2.05, 4.69) is 31.3 Å². The molecular weight excluding hydrogens is 594 g/mol. The van der Waals surface area contributed by atoms with Crippen LogP contribution in [-0.2, 0) is 14.9 Å². The third-order valence-electron chi connectivity index (χ3n) is 9.22. The topological polar surface area (TPSA) is 104 Å². The van der Waals surface area contributed by atoms with Crippen LogP contribution in [0.2, 0.25) is 0 Å². The molecule has 46 heavy (non-hydrogen) atoms. The van der Waals surface area contributed by atoms with Crippen molar-refractivity contribution in [3.05, 3.63) is 12.2 Å². The smallest absolute Gasteiger partial charge is 0.266 e. The van der Waals surface area contributed by atoms with Crippen molar-refractivity contribution in [1.29, 1.82) is 0 Å². The summed E-state index contributed by atoms with van der Waals surface area (Å²) < 4.78 is 32.5. The Morgan fingerprint density at radius 3 is 1.30 bits per heavy atom. The molecule has 6 nitrogen and oxygen atoms in total. The van der Waals surface area contributed by atoms with Gasteiger partial charge in [0.1, 0.15) is 0 Å². The van der Waals surface area contributed by atoms with Gasteiger partial charge in [0.2, 0.25) is 5.91 Å². The average molecular weight is 672 g/mol. The molecule has 1 amide bonds. The first-order valence-electron chi connectivity index (χ1n) is 19.9. The zero-order valence-electron chi connectivity index (χ0n) is 30.5. The Labute approximate surface area is 286 Å². The summed E-state index contributed by atoms with van der Waals surface area (Å²) in [4.78, 5) is 12.5. The van der Waals surface area contributed by atoms with E-state index in [0.29, 0.717) is 12.8 Å². The van der Waals surface area contributed by atoms with Gasteiger partial charge in [0.15, 0.2) is 0 Å². The van der Waals surface area contributed by atoms with Gasteiger partial charge in [-0.25, -0.2) is 0 Å². The normalized spacial score (nSPS) is 13.4. The molecule has 0 aromatic heterocycles. The van der Waals surface area contributed by atoms with E-state index in [-0.39, 0.29) is 5.91 Å². The molecule has 0 aromatic rings. The number of amides is 1. The zero-order chi connectivity index (χ0) is 34.0. The molecule has 0 aliphatic rings. The average Bonchev–Trinajstić information content (AvgIpc) is 3.01. The Kier molecular flexibility index (Phi) is 33.3. The third-order valence-corrected chi connectivity index (χ3v) is 10.0. The molecule has 0 radical (unpaired) electrons. The second-order valence-electron chi connectivity index (χ2n) is 13.9. The van der Waals surface area contributed by atoms with Gasteiger partial charge in [0.25, 0.3) is 10.1 Å². The maximum atomic E-state index is 12.5. The van der Waals surface area contributed by atoms with E-state index in [1.165, 1.54) is 135 Å². The standard InChI is InChI=1S/C39H77NO5S/c1-3-5-7-9-11-13-15-17-19-20-21-22-24-26-28-30-32-34-38(41)37(36-46(43,44)45)40-39(42)35-33-31-29-27-25-23-18-16-14-12-10-8-6-4-2/h16,18,37-38,41H,3-15,17,19-36H2,1-2H3,(H,40,42)(H,43,44,45)/b18-16-. The molecule has 7 heteroatoms. The van der Waals surface area contributed by atoms with E-state index in [1.807, 2.05) is 0 Å². The summed E-state index contributed by atoms with van der Waals surface area (Å²) in [6, 6.07) is -0.970. The Morgan fingerprint density at radius 1 is 0.565 bits per heavy atom. The lowest BCUT2D eigenvalue weighted by molar-refractivity contribution is -0.122. The van der Waals surface area contributed by atoms with Crippen LogP contribution in [0.15, 0.2) is 12.2 Å². The number of aliphatic hydroxyl groups excluding tert-OH is 1. The fourth-order valence-electron chi connectivity index (χ4n) is 6.21. The Morgan fingerprint density at radius 2 is 0.913 bits per heavy atom. The van der Waals surface area contributed by atoms with Gasteiger partial charge in [0.05, 0.1) is 17.9 Å². The van der Waals surface area contributed by atoms with Crippen molar-refractivity contribution in [3.8, 4) is 0 Å². The molecule has 0 fully saturated rings. The molecule has 0 saturated heterocycles. The van der Waals surface area contributed by atoms with E-state index in [1.54, 1.807) is 0 Å². The number of rotatable bonds is 36. The van der Waals surface area contributed by atoms with Crippen LogP contribution in [0.3, 0.4) is 0 Å². The molecule has 0 saturated carbocycles. The molecule has 3 N–H and O–H groups in total. The Balaban J connectivity index is 3.87. The minimum atomic E-state index is -4.31. The van der Waals surface area contributed by atoms with Crippen molar-refractivity contribution < 1.29 is 22.9 Å². The number of hydrogen-bond acceptors (Lipinski definition) is 4. The van der Waals surface area contributed by atoms with Gasteiger partial charge in [-0.3, -0.25) is 9.35 Å². The molecule has 0 aromatic carbocycles. The molecule has 0 bridgehead atoms. The summed E-state index contributed by atoms with van der Waals surface area (Å²) in [5.74, 6) is -0.900. The fourth-order valence-corrected chi connectivity index (χ4v) is 6.97. The van der Waals surface area contributed by atoms with E-state index in [0.717, 1.165) is 51.4 Å². The van der Waals surface area contributed by atoms with Crippen LogP contribution in [0.5, 0.6) is 0 Å². The first-order chi connectivity index (χ1) is 22.3. The minimum Gasteiger partial charge on any atom is -0.391 e. The summed E-state index contributed by atoms with van der Waals surface area (Å²) in [7, 11) is -4.31. The Hall–Kier alpha value is -0.920. The van der Waals surface area contributed by atoms with Gasteiger partial charge in [-0.05, 0) is 38.5 Å². The number of unbranched alkanes of at least 4 members (excludes halogenated alkanes) is 26. The van der Waals surface area contributed by atoms with Crippen LogP contribution in [0, 0.1) is 0 Å². The summed E-state index contributed by atoms with van der Waals surface area (Å²) in [5, 5.41) is 13.3. The van der Waals surface area contributed by atoms with Crippen LogP contribution in [0.25, 0.3) is 0 Å². The molecular formula is C39H77NO5S. The second kappa shape index (κ2) is 34.0. The van der Waals surface area contributed by atoms with Crippen molar-refractivity contribution in [3.63, 3.8) is 0 Å². The lowest BCUT2D eigenvalue weighted by Gasteiger charge is -2.23. The van der Waals surface area contributed by atoms with E-state index >= 15 is 0 Å². The monoisotopic (exact) mass is 672 g/mol. The number of allylic oxidation sites excluding steroid dienone is 2. The Bertz CT molecular complexity index is 785. The predicted molar refractivity (Wildman–Crippen MR) is 198 cm³/mol. The lowest BCUT2D eigenvalue weighted by Crippen LogP contribution is -2.47. The number of aliphatic hydroxyl groups is 1. The number of nitrogens with one attached hydrogen (secondary N) is 1. The predicted octanol–water partition coefficient (Wildman–Crippen LogP) is 11.4. The van der Waals surface area contributed by atoms with Gasteiger partial charge < -0.3 is 10.4 Å². The third kappa shape index (κ3) is 34.4. The highest BCUT2D eigenvalue weighted by atomic mass is 32.2. The summed E-state index contributed by atoms with van der Waals surface area (Å²) in [6.07, 6.45) is 40.1. The highest BCUT2D eigenvalue weighted by Gasteiger charge is 2.26. The van der Waals surface area contributed by atoms with E-state index < -0.39 is 28.0 Å². The minimum absolute atomic E-state index is 0.253. The SMILES string of the molecule is CCCCCCC/C=C\CCCCCCCC(=O)NC(CS(=O)(=O)O)C(O)CCCCCCCCCCCCCCCCCCC. The van der Waals surface area contributed by atoms with E-state index in [9.17, 15) is 22.9 Å². The van der Waals surface area contributed by atoms with Crippen LogP contribution >= 0.6 is 0 Å². The zero-order valence-corrected chi connectivity index (χ0v) is 31.3. The largest absolute Gasteiger partial charge is 0.391 e. The highest BCUT2D eigenvalue weighted by molar-refractivity contribution is 7.85. The second-order valence-corrected chi connectivity index (χ2v) is 15.4. The summed E-state index contributed by atoms with van der Waals surface area (Å²) >= 11 is 0. The van der Waals surface area contributed by atoms with Gasteiger partial charge >= 0.3 is 0 Å². The number of carbonyl (C=O) groups is 1. The van der Waals surface area contributed by atoms with Crippen LogP contribution in [0.4, 0.5) is 0 Å². The van der Waals surface area contributed by atoms with Crippen LogP contribution in [0.1, 0.15) is 213 Å². The van der Waals surface area contributed by atoms with Gasteiger partial charge in [-0.1, -0.05) is 180 Å². The van der Waals surface area contributed by atoms with Gasteiger partial charge in [-0.2, -0.15) is 8.42 Å². The fraction of sp³-hybridized carbons (Fsp3) is 0.923. The molecule has 0 heterocycles. The molecule has 0 aliphatic carbocycles. The molecule has 0 spiro atoms.